The zero-order chi connectivity index (χ0) is 11.8. The molecule has 1 atom stereocenters. The summed E-state index contributed by atoms with van der Waals surface area (Å²) in [5, 5.41) is 0. The standard InChI is InChI=1S/2C4H11O2P.2Al.Ca/c1-3-4-7(2,5)6;1-3-7(5,6)4-2;;;/h2*3-4H2,1-2H3,(H,5,6);;;/q;;2*+3;+2/p-2. The molecular formula is C8H20Al2CaO4P2+6. The van der Waals surface area contributed by atoms with Gasteiger partial charge >= 0.3 is 72.5 Å². The molecule has 0 amide bonds. The molecule has 1 unspecified atom stereocenters. The predicted octanol–water partition coefficient (Wildman–Crippen LogP) is 0.187. The second-order valence-corrected chi connectivity index (χ2v) is 8.55. The molecule has 0 N–H and O–H groups in total. The van der Waals surface area contributed by atoms with Crippen molar-refractivity contribution in [2.75, 3.05) is 25.2 Å². The summed E-state index contributed by atoms with van der Waals surface area (Å²) >= 11 is 0. The molecule has 0 aliphatic rings. The Hall–Kier alpha value is 2.70. The average Bonchev–Trinajstić information content (AvgIpc) is 2.04. The molecule has 0 radical (unpaired) electrons. The van der Waals surface area contributed by atoms with Gasteiger partial charge in [-0.2, -0.15) is 0 Å². The van der Waals surface area contributed by atoms with E-state index in [-0.39, 0.29) is 72.5 Å². The van der Waals surface area contributed by atoms with Gasteiger partial charge in [-0.15, -0.1) is 0 Å². The first-order chi connectivity index (χ1) is 6.18. The Morgan fingerprint density at radius 3 is 1.24 bits per heavy atom. The molecule has 0 aromatic rings. The molecule has 88 valence electrons. The van der Waals surface area contributed by atoms with E-state index < -0.39 is 14.7 Å². The summed E-state index contributed by atoms with van der Waals surface area (Å²) in [5.41, 5.74) is 0. The van der Waals surface area contributed by atoms with Gasteiger partial charge < -0.3 is 18.9 Å². The van der Waals surface area contributed by atoms with Crippen LogP contribution in [0.4, 0.5) is 0 Å². The van der Waals surface area contributed by atoms with E-state index in [1.165, 1.54) is 6.66 Å². The molecule has 4 nitrogen and oxygen atoms in total. The molecular weight excluding hydrogens is 316 g/mol. The van der Waals surface area contributed by atoms with E-state index in [9.17, 15) is 18.9 Å². The minimum Gasteiger partial charge on any atom is -0.799 e. The van der Waals surface area contributed by atoms with E-state index in [1.54, 1.807) is 13.8 Å². The van der Waals surface area contributed by atoms with E-state index >= 15 is 0 Å². The summed E-state index contributed by atoms with van der Waals surface area (Å²) in [5.74, 6) is 0. The maximum Gasteiger partial charge on any atom is 3.00 e. The van der Waals surface area contributed by atoms with E-state index in [4.69, 9.17) is 0 Å². The average molecular weight is 336 g/mol. The van der Waals surface area contributed by atoms with Crippen molar-refractivity contribution in [1.29, 1.82) is 0 Å². The van der Waals surface area contributed by atoms with Crippen molar-refractivity contribution in [3.63, 3.8) is 0 Å². The molecule has 0 rings (SSSR count). The number of hydrogen-bond donors (Lipinski definition) is 0. The third kappa shape index (κ3) is 32.3. The molecule has 0 saturated heterocycles. The van der Waals surface area contributed by atoms with Crippen molar-refractivity contribution in [3.05, 3.63) is 0 Å². The first-order valence-electron chi connectivity index (χ1n) is 4.75. The Kier molecular flexibility index (Phi) is 31.4. The molecule has 0 aliphatic heterocycles. The minimum absolute atomic E-state index is 0. The van der Waals surface area contributed by atoms with Gasteiger partial charge in [-0.3, -0.25) is 0 Å². The van der Waals surface area contributed by atoms with E-state index in [0.717, 1.165) is 6.42 Å². The molecule has 0 bridgehead atoms. The Morgan fingerprint density at radius 2 is 1.24 bits per heavy atom. The molecule has 0 heterocycles. The van der Waals surface area contributed by atoms with Gasteiger partial charge in [-0.25, -0.2) is 0 Å². The van der Waals surface area contributed by atoms with Crippen LogP contribution in [0.15, 0.2) is 0 Å². The zero-order valence-corrected chi connectivity index (χ0v) is 17.5. The molecule has 0 aliphatic carbocycles. The van der Waals surface area contributed by atoms with Gasteiger partial charge in [0.1, 0.15) is 0 Å². The van der Waals surface area contributed by atoms with Gasteiger partial charge in [-0.05, 0) is 25.2 Å². The van der Waals surface area contributed by atoms with Gasteiger partial charge in [0.05, 0.1) is 0 Å². The van der Waals surface area contributed by atoms with Crippen LogP contribution in [0.25, 0.3) is 0 Å². The Balaban J connectivity index is -0.0000000480. The fourth-order valence-corrected chi connectivity index (χ4v) is 1.89. The maximum absolute atomic E-state index is 10.4. The zero-order valence-electron chi connectivity index (χ0n) is 11.2. The molecule has 0 fully saturated rings. The van der Waals surface area contributed by atoms with E-state index in [0.29, 0.717) is 18.5 Å². The third-order valence-electron chi connectivity index (χ3n) is 1.59. The van der Waals surface area contributed by atoms with Crippen LogP contribution in [0.2, 0.25) is 0 Å². The maximum atomic E-state index is 10.4. The summed E-state index contributed by atoms with van der Waals surface area (Å²) in [6.45, 7) is 6.46. The second kappa shape index (κ2) is 16.8. The van der Waals surface area contributed by atoms with Gasteiger partial charge in [0.15, 0.2) is 0 Å². The van der Waals surface area contributed by atoms with Crippen LogP contribution in [0.3, 0.4) is 0 Å². The van der Waals surface area contributed by atoms with Crippen LogP contribution >= 0.6 is 14.7 Å². The van der Waals surface area contributed by atoms with Crippen molar-refractivity contribution in [1.82, 2.24) is 0 Å². The normalized spacial score (nSPS) is 12.6. The fourth-order valence-electron chi connectivity index (χ4n) is 0.630. The van der Waals surface area contributed by atoms with Crippen molar-refractivity contribution < 1.29 is 18.9 Å². The van der Waals surface area contributed by atoms with Gasteiger partial charge in [0.2, 0.25) is 0 Å². The SMILES string of the molecule is CCCP(C)(=O)[O-].CCP(=O)([O-])CC.[Al+3].[Al+3].[Ca+2]. The minimum atomic E-state index is -2.92. The van der Waals surface area contributed by atoms with E-state index in [1.807, 2.05) is 6.92 Å². The van der Waals surface area contributed by atoms with Gasteiger partial charge in [0.25, 0.3) is 0 Å². The first kappa shape index (κ1) is 31.9. The van der Waals surface area contributed by atoms with Crippen LogP contribution < -0.4 is 9.79 Å². The quantitative estimate of drug-likeness (QED) is 0.542. The summed E-state index contributed by atoms with van der Waals surface area (Å²) in [4.78, 5) is 20.7. The first-order valence-corrected chi connectivity index (χ1v) is 9.00. The van der Waals surface area contributed by atoms with Crippen LogP contribution in [0.1, 0.15) is 27.2 Å². The Bertz CT molecular complexity index is 228. The van der Waals surface area contributed by atoms with Gasteiger partial charge in [0, 0.05) is 14.7 Å². The largest absolute Gasteiger partial charge is 3.00 e. The van der Waals surface area contributed by atoms with Crippen LogP contribution in [0.5, 0.6) is 0 Å². The van der Waals surface area contributed by atoms with Crippen molar-refractivity contribution in [3.8, 4) is 0 Å². The van der Waals surface area contributed by atoms with Crippen molar-refractivity contribution >= 4 is 87.2 Å². The van der Waals surface area contributed by atoms with Crippen LogP contribution in [-0.4, -0.2) is 97.6 Å². The summed E-state index contributed by atoms with van der Waals surface area (Å²) in [7, 11) is -5.82. The van der Waals surface area contributed by atoms with Crippen LogP contribution in [-0.2, 0) is 9.13 Å². The van der Waals surface area contributed by atoms with Crippen molar-refractivity contribution in [2.24, 2.45) is 0 Å². The summed E-state index contributed by atoms with van der Waals surface area (Å²) in [6.07, 6.45) is 1.66. The molecule has 9 heteroatoms. The number of hydrogen-bond acceptors (Lipinski definition) is 4. The Morgan fingerprint density at radius 1 is 0.941 bits per heavy atom. The molecule has 0 spiro atoms. The monoisotopic (exact) mass is 336 g/mol. The molecule has 17 heavy (non-hydrogen) atoms. The molecule has 0 aromatic heterocycles. The third-order valence-corrected chi connectivity index (χ3v) is 4.78. The molecule has 0 saturated carbocycles. The van der Waals surface area contributed by atoms with Crippen LogP contribution in [0, 0.1) is 0 Å². The second-order valence-electron chi connectivity index (χ2n) is 3.18. The Labute approximate surface area is 157 Å². The summed E-state index contributed by atoms with van der Waals surface area (Å²) < 4.78 is 20.7. The summed E-state index contributed by atoms with van der Waals surface area (Å²) in [6, 6.07) is 0. The topological polar surface area (TPSA) is 80.3 Å². The van der Waals surface area contributed by atoms with E-state index in [2.05, 4.69) is 0 Å². The van der Waals surface area contributed by atoms with Gasteiger partial charge in [-0.1, -0.05) is 27.2 Å². The van der Waals surface area contributed by atoms with Crippen molar-refractivity contribution in [2.45, 2.75) is 27.2 Å². The number of rotatable bonds is 4. The molecule has 0 aromatic carbocycles. The fraction of sp³-hybridized carbons (Fsp3) is 1.00. The predicted molar refractivity (Wildman–Crippen MR) is 74.6 cm³/mol. The smallest absolute Gasteiger partial charge is 0.799 e.